The first-order chi connectivity index (χ1) is 20.0. The standard InChI is InChI=1S/C29H40N4O8S/c1-29(2,3)41-28(34)33(4)26-12-8-24(9-13-26)6-7-25-10-14-27(15-11-25)39-21-19-37-17-18-38-20-22-40-42(35,36)23-5-16-31-32-30/h6-15H,5,16-23H2,1-4H3. The lowest BCUT2D eigenvalue weighted by Gasteiger charge is -2.24. The molecule has 42 heavy (non-hydrogen) atoms. The van der Waals surface area contributed by atoms with Crippen LogP contribution in [0.15, 0.2) is 53.6 Å². The summed E-state index contributed by atoms with van der Waals surface area (Å²) in [7, 11) is -1.97. The Bertz CT molecular complexity index is 1270. The zero-order valence-corrected chi connectivity index (χ0v) is 25.4. The number of ether oxygens (including phenoxy) is 4. The van der Waals surface area contributed by atoms with Crippen LogP contribution in [-0.4, -0.2) is 79.1 Å². The van der Waals surface area contributed by atoms with E-state index in [1.165, 1.54) is 4.90 Å². The molecule has 0 saturated heterocycles. The summed E-state index contributed by atoms with van der Waals surface area (Å²) in [5.41, 5.74) is 10.4. The molecule has 0 saturated carbocycles. The van der Waals surface area contributed by atoms with Crippen LogP contribution in [0.1, 0.15) is 38.3 Å². The zero-order valence-electron chi connectivity index (χ0n) is 24.6. The van der Waals surface area contributed by atoms with Crippen molar-refractivity contribution in [2.24, 2.45) is 5.11 Å². The third-order valence-corrected chi connectivity index (χ3v) is 6.69. The third kappa shape index (κ3) is 14.9. The molecule has 12 nitrogen and oxygen atoms in total. The van der Waals surface area contributed by atoms with Gasteiger partial charge in [0, 0.05) is 24.2 Å². The molecule has 0 aliphatic carbocycles. The number of nitrogens with zero attached hydrogens (tertiary/aromatic N) is 4. The van der Waals surface area contributed by atoms with Gasteiger partial charge in [0.05, 0.1) is 38.8 Å². The van der Waals surface area contributed by atoms with Gasteiger partial charge < -0.3 is 18.9 Å². The van der Waals surface area contributed by atoms with Gasteiger partial charge in [-0.25, -0.2) is 4.79 Å². The molecule has 230 valence electrons. The maximum atomic E-state index is 12.2. The fourth-order valence-corrected chi connectivity index (χ4v) is 4.21. The molecule has 2 rings (SSSR count). The molecular weight excluding hydrogens is 564 g/mol. The van der Waals surface area contributed by atoms with E-state index in [0.717, 1.165) is 22.6 Å². The van der Waals surface area contributed by atoms with Crippen molar-refractivity contribution in [3.05, 3.63) is 70.1 Å². The van der Waals surface area contributed by atoms with E-state index in [9.17, 15) is 13.2 Å². The molecule has 0 spiro atoms. The van der Waals surface area contributed by atoms with Gasteiger partial charge in [-0.3, -0.25) is 9.08 Å². The quantitative estimate of drug-likeness (QED) is 0.0526. The van der Waals surface area contributed by atoms with Crippen molar-refractivity contribution in [1.29, 1.82) is 0 Å². The van der Waals surface area contributed by atoms with E-state index >= 15 is 0 Å². The molecule has 0 aromatic heterocycles. The highest BCUT2D eigenvalue weighted by molar-refractivity contribution is 7.86. The number of azide groups is 1. The molecule has 0 bridgehead atoms. The molecule has 0 unspecified atom stereocenters. The van der Waals surface area contributed by atoms with E-state index in [1.54, 1.807) is 7.05 Å². The van der Waals surface area contributed by atoms with Crippen LogP contribution in [0.4, 0.5) is 10.5 Å². The summed E-state index contributed by atoms with van der Waals surface area (Å²) in [6, 6.07) is 15.3. The highest BCUT2D eigenvalue weighted by Gasteiger charge is 2.20. The summed E-state index contributed by atoms with van der Waals surface area (Å²) in [5, 5.41) is 3.28. The van der Waals surface area contributed by atoms with Crippen molar-refractivity contribution in [2.45, 2.75) is 32.8 Å². The lowest BCUT2D eigenvalue weighted by Crippen LogP contribution is -2.34. The number of rotatable bonds is 18. The van der Waals surface area contributed by atoms with Crippen molar-refractivity contribution in [3.63, 3.8) is 0 Å². The molecule has 13 heteroatoms. The fraction of sp³-hybridized carbons (Fsp3) is 0.483. The lowest BCUT2D eigenvalue weighted by molar-refractivity contribution is 0.0279. The smallest absolute Gasteiger partial charge is 0.414 e. The van der Waals surface area contributed by atoms with E-state index in [1.807, 2.05) is 81.5 Å². The van der Waals surface area contributed by atoms with Gasteiger partial charge in [0.1, 0.15) is 18.0 Å². The molecule has 0 heterocycles. The van der Waals surface area contributed by atoms with Crippen molar-refractivity contribution >= 4 is 34.1 Å². The van der Waals surface area contributed by atoms with Gasteiger partial charge in [-0.1, -0.05) is 41.5 Å². The largest absolute Gasteiger partial charge is 0.491 e. The first-order valence-electron chi connectivity index (χ1n) is 13.5. The minimum atomic E-state index is -3.65. The first kappa shape index (κ1) is 34.6. The number of amides is 1. The van der Waals surface area contributed by atoms with Gasteiger partial charge in [-0.2, -0.15) is 8.42 Å². The average Bonchev–Trinajstić information content (AvgIpc) is 2.95. The highest BCUT2D eigenvalue weighted by Crippen LogP contribution is 2.19. The Kier molecular flexibility index (Phi) is 14.9. The van der Waals surface area contributed by atoms with Crippen LogP contribution in [0.2, 0.25) is 0 Å². The number of benzene rings is 2. The van der Waals surface area contributed by atoms with Crippen molar-refractivity contribution in [1.82, 2.24) is 0 Å². The van der Waals surface area contributed by atoms with Gasteiger partial charge in [0.15, 0.2) is 0 Å². The van der Waals surface area contributed by atoms with Gasteiger partial charge in [-0.15, -0.1) is 0 Å². The van der Waals surface area contributed by atoms with E-state index in [4.69, 9.17) is 28.7 Å². The van der Waals surface area contributed by atoms with Crippen LogP contribution in [-0.2, 0) is 28.5 Å². The molecule has 0 radical (unpaired) electrons. The van der Waals surface area contributed by atoms with Gasteiger partial charge in [-0.05, 0) is 68.1 Å². The Labute approximate surface area is 247 Å². The predicted molar refractivity (Wildman–Crippen MR) is 162 cm³/mol. The van der Waals surface area contributed by atoms with Gasteiger partial charge >= 0.3 is 6.09 Å². The second-order valence-electron chi connectivity index (χ2n) is 10.00. The molecule has 0 atom stereocenters. The van der Waals surface area contributed by atoms with Crippen LogP contribution in [0.5, 0.6) is 5.75 Å². The molecule has 0 fully saturated rings. The molecule has 0 aliphatic heterocycles. The van der Waals surface area contributed by atoms with E-state index in [0.29, 0.717) is 26.4 Å². The summed E-state index contributed by atoms with van der Waals surface area (Å²) in [6.07, 6.45) is 3.79. The second-order valence-corrected chi connectivity index (χ2v) is 11.8. The number of hydrogen-bond acceptors (Lipinski definition) is 9. The summed E-state index contributed by atoms with van der Waals surface area (Å²) in [6.45, 7) is 7.02. The maximum absolute atomic E-state index is 12.2. The molecule has 2 aromatic carbocycles. The minimum Gasteiger partial charge on any atom is -0.491 e. The Morgan fingerprint density at radius 2 is 1.45 bits per heavy atom. The monoisotopic (exact) mass is 604 g/mol. The number of carbonyl (C=O) groups is 1. The summed E-state index contributed by atoms with van der Waals surface area (Å²) in [5.74, 6) is 0.514. The van der Waals surface area contributed by atoms with E-state index < -0.39 is 21.8 Å². The second kappa shape index (κ2) is 18.0. The van der Waals surface area contributed by atoms with E-state index in [2.05, 4.69) is 10.0 Å². The highest BCUT2D eigenvalue weighted by atomic mass is 32.2. The summed E-state index contributed by atoms with van der Waals surface area (Å²) < 4.78 is 49.9. The summed E-state index contributed by atoms with van der Waals surface area (Å²) in [4.78, 5) is 16.3. The van der Waals surface area contributed by atoms with E-state index in [-0.39, 0.29) is 31.9 Å². The zero-order chi connectivity index (χ0) is 30.8. The van der Waals surface area contributed by atoms with Gasteiger partial charge in [0.2, 0.25) is 0 Å². The first-order valence-corrected chi connectivity index (χ1v) is 15.1. The maximum Gasteiger partial charge on any atom is 0.414 e. The SMILES string of the molecule is CN(C(=O)OC(C)(C)C)c1ccc(C=Cc2ccc(OCCOCCOCCOS(=O)(=O)CCCN=[N+]=[N-])cc2)cc1. The molecule has 2 aromatic rings. The minimum absolute atomic E-state index is 0.0854. The lowest BCUT2D eigenvalue weighted by atomic mass is 10.1. The normalized spacial score (nSPS) is 11.7. The van der Waals surface area contributed by atoms with Crippen molar-refractivity contribution < 1.29 is 36.3 Å². The Balaban J connectivity index is 1.60. The third-order valence-electron chi connectivity index (χ3n) is 5.37. The molecule has 0 aliphatic rings. The van der Waals surface area contributed by atoms with Crippen molar-refractivity contribution in [3.8, 4) is 5.75 Å². The fourth-order valence-electron chi connectivity index (χ4n) is 3.29. The Morgan fingerprint density at radius 1 is 0.905 bits per heavy atom. The average molecular weight is 605 g/mol. The molecular formula is C29H40N4O8S. The number of hydrogen-bond donors (Lipinski definition) is 0. The van der Waals surface area contributed by atoms with Crippen LogP contribution in [0.25, 0.3) is 22.6 Å². The van der Waals surface area contributed by atoms with Crippen LogP contribution >= 0.6 is 0 Å². The molecule has 0 N–H and O–H groups in total. The number of anilines is 1. The molecule has 1 amide bonds. The summed E-state index contributed by atoms with van der Waals surface area (Å²) >= 11 is 0. The Morgan fingerprint density at radius 3 is 2.02 bits per heavy atom. The topological polar surface area (TPSA) is 149 Å². The van der Waals surface area contributed by atoms with Crippen LogP contribution in [0, 0.1) is 0 Å². The van der Waals surface area contributed by atoms with Crippen LogP contribution in [0.3, 0.4) is 0 Å². The Hall–Kier alpha value is -3.61. The predicted octanol–water partition coefficient (Wildman–Crippen LogP) is 5.69. The van der Waals surface area contributed by atoms with Crippen LogP contribution < -0.4 is 9.64 Å². The van der Waals surface area contributed by atoms with Gasteiger partial charge in [0.25, 0.3) is 10.1 Å². The van der Waals surface area contributed by atoms with Crippen molar-refractivity contribution in [2.75, 3.05) is 63.9 Å². The number of carbonyl (C=O) groups excluding carboxylic acids is 1.